The van der Waals surface area contributed by atoms with Crippen molar-refractivity contribution in [2.45, 2.75) is 20.3 Å². The predicted octanol–water partition coefficient (Wildman–Crippen LogP) is 2.69. The van der Waals surface area contributed by atoms with Crippen molar-refractivity contribution < 1.29 is 4.92 Å². The minimum Gasteiger partial charge on any atom is -0.258 e. The van der Waals surface area contributed by atoms with E-state index in [0.29, 0.717) is 0 Å². The van der Waals surface area contributed by atoms with E-state index in [9.17, 15) is 10.1 Å². The Kier molecular flexibility index (Phi) is 4.69. The van der Waals surface area contributed by atoms with Gasteiger partial charge in [-0.1, -0.05) is 24.6 Å². The zero-order valence-electron chi connectivity index (χ0n) is 7.41. The van der Waals surface area contributed by atoms with Crippen molar-refractivity contribution in [1.29, 1.82) is 0 Å². The highest BCUT2D eigenvalue weighted by molar-refractivity contribution is 5.22. The molecule has 0 rings (SSSR count). The van der Waals surface area contributed by atoms with Crippen LogP contribution >= 0.6 is 0 Å². The SMILES string of the molecule is C=C(/C=C\C(=C/C)CC)[N+](=O)[O-]. The highest BCUT2D eigenvalue weighted by atomic mass is 16.6. The third-order valence-electron chi connectivity index (χ3n) is 1.50. The van der Waals surface area contributed by atoms with Crippen LogP contribution in [0.3, 0.4) is 0 Å². The summed E-state index contributed by atoms with van der Waals surface area (Å²) >= 11 is 0. The van der Waals surface area contributed by atoms with Crippen molar-refractivity contribution in [3.05, 3.63) is 46.2 Å². The van der Waals surface area contributed by atoms with Gasteiger partial charge in [-0.05, 0) is 19.9 Å². The summed E-state index contributed by atoms with van der Waals surface area (Å²) in [6.45, 7) is 7.18. The Bertz CT molecular complexity index is 235. The molecule has 0 saturated carbocycles. The summed E-state index contributed by atoms with van der Waals surface area (Å²) in [6, 6.07) is 0. The van der Waals surface area contributed by atoms with Gasteiger partial charge in [0.25, 0.3) is 5.70 Å². The Morgan fingerprint density at radius 1 is 1.58 bits per heavy atom. The quantitative estimate of drug-likeness (QED) is 0.367. The first-order valence-corrected chi connectivity index (χ1v) is 3.78. The minimum absolute atomic E-state index is 0.0807. The van der Waals surface area contributed by atoms with E-state index in [1.807, 2.05) is 19.9 Å². The fourth-order valence-electron chi connectivity index (χ4n) is 0.682. The second kappa shape index (κ2) is 5.29. The van der Waals surface area contributed by atoms with E-state index in [2.05, 4.69) is 6.58 Å². The van der Waals surface area contributed by atoms with Gasteiger partial charge in [0.05, 0.1) is 4.92 Å². The molecule has 0 aliphatic heterocycles. The topological polar surface area (TPSA) is 43.1 Å². The number of rotatable bonds is 4. The second-order valence-electron chi connectivity index (χ2n) is 2.30. The van der Waals surface area contributed by atoms with Crippen molar-refractivity contribution in [2.24, 2.45) is 0 Å². The molecule has 66 valence electrons. The smallest absolute Gasteiger partial charge is 0.258 e. The lowest BCUT2D eigenvalue weighted by atomic mass is 10.2. The third-order valence-corrected chi connectivity index (χ3v) is 1.50. The normalized spacial score (nSPS) is 12.0. The highest BCUT2D eigenvalue weighted by Crippen LogP contribution is 2.04. The molecule has 0 saturated heterocycles. The third kappa shape index (κ3) is 3.71. The van der Waals surface area contributed by atoms with Gasteiger partial charge in [0.1, 0.15) is 0 Å². The molecule has 3 nitrogen and oxygen atoms in total. The maximum atomic E-state index is 10.1. The van der Waals surface area contributed by atoms with E-state index in [-0.39, 0.29) is 5.70 Å². The Morgan fingerprint density at radius 3 is 2.50 bits per heavy atom. The van der Waals surface area contributed by atoms with Gasteiger partial charge in [-0.25, -0.2) is 0 Å². The highest BCUT2D eigenvalue weighted by Gasteiger charge is 1.98. The molecule has 0 aliphatic carbocycles. The number of nitrogens with zero attached hydrogens (tertiary/aromatic N) is 1. The van der Waals surface area contributed by atoms with Gasteiger partial charge in [-0.3, -0.25) is 10.1 Å². The number of nitro groups is 1. The van der Waals surface area contributed by atoms with Crippen LogP contribution in [0.1, 0.15) is 20.3 Å². The van der Waals surface area contributed by atoms with E-state index in [0.717, 1.165) is 12.0 Å². The van der Waals surface area contributed by atoms with Gasteiger partial charge < -0.3 is 0 Å². The summed E-state index contributed by atoms with van der Waals surface area (Å²) in [7, 11) is 0. The van der Waals surface area contributed by atoms with E-state index >= 15 is 0 Å². The monoisotopic (exact) mass is 167 g/mol. The van der Waals surface area contributed by atoms with Crippen molar-refractivity contribution in [2.75, 3.05) is 0 Å². The van der Waals surface area contributed by atoms with Gasteiger partial charge in [0, 0.05) is 6.08 Å². The summed E-state index contributed by atoms with van der Waals surface area (Å²) in [5.74, 6) is 0. The van der Waals surface area contributed by atoms with Crippen molar-refractivity contribution >= 4 is 0 Å². The number of hydrogen-bond acceptors (Lipinski definition) is 2. The molecular weight excluding hydrogens is 154 g/mol. The van der Waals surface area contributed by atoms with Crippen molar-refractivity contribution in [3.8, 4) is 0 Å². The molecule has 0 aromatic rings. The molecule has 0 aromatic heterocycles. The van der Waals surface area contributed by atoms with Gasteiger partial charge >= 0.3 is 0 Å². The van der Waals surface area contributed by atoms with Gasteiger partial charge in [0.2, 0.25) is 0 Å². The average Bonchev–Trinajstić information content (AvgIpc) is 2.05. The standard InChI is InChI=1S/C9H13NO2/c1-4-9(5-2)7-6-8(3)10(11)12/h4,6-7H,3,5H2,1-2H3/b7-6-,9-4-. The average molecular weight is 167 g/mol. The lowest BCUT2D eigenvalue weighted by molar-refractivity contribution is -0.418. The van der Waals surface area contributed by atoms with E-state index in [1.165, 1.54) is 6.08 Å². The summed E-state index contributed by atoms with van der Waals surface area (Å²) in [6.07, 6.45) is 5.92. The Morgan fingerprint density at radius 2 is 2.17 bits per heavy atom. The summed E-state index contributed by atoms with van der Waals surface area (Å²) in [4.78, 5) is 9.62. The van der Waals surface area contributed by atoms with Gasteiger partial charge in [0.15, 0.2) is 0 Å². The Labute approximate surface area is 72.2 Å². The molecule has 12 heavy (non-hydrogen) atoms. The fraction of sp³-hybridized carbons (Fsp3) is 0.333. The molecule has 3 heteroatoms. The van der Waals surface area contributed by atoms with Crippen LogP contribution < -0.4 is 0 Å². The van der Waals surface area contributed by atoms with E-state index in [1.54, 1.807) is 6.08 Å². The lowest BCUT2D eigenvalue weighted by Crippen LogP contribution is -1.92. The van der Waals surface area contributed by atoms with Crippen LogP contribution in [-0.4, -0.2) is 4.92 Å². The van der Waals surface area contributed by atoms with Crippen LogP contribution in [0.15, 0.2) is 36.1 Å². The summed E-state index contributed by atoms with van der Waals surface area (Å²) < 4.78 is 0. The first kappa shape index (κ1) is 10.6. The Hall–Kier alpha value is -1.38. The van der Waals surface area contributed by atoms with Crippen LogP contribution in [0, 0.1) is 10.1 Å². The van der Waals surface area contributed by atoms with Gasteiger partial charge in [-0.15, -0.1) is 0 Å². The van der Waals surface area contributed by atoms with Gasteiger partial charge in [-0.2, -0.15) is 0 Å². The predicted molar refractivity (Wildman–Crippen MR) is 49.3 cm³/mol. The first-order chi connectivity index (χ1) is 5.61. The molecule has 0 amide bonds. The molecule has 0 bridgehead atoms. The number of allylic oxidation sites excluding steroid dienone is 4. The zero-order chi connectivity index (χ0) is 9.56. The molecule has 0 aliphatic rings. The van der Waals surface area contributed by atoms with Crippen LogP contribution in [0.25, 0.3) is 0 Å². The summed E-state index contributed by atoms with van der Waals surface area (Å²) in [5.41, 5.74) is 0.987. The molecule has 0 aromatic carbocycles. The molecule has 0 fully saturated rings. The van der Waals surface area contributed by atoms with Crippen LogP contribution in [0.4, 0.5) is 0 Å². The summed E-state index contributed by atoms with van der Waals surface area (Å²) in [5, 5.41) is 10.1. The molecule has 0 spiro atoms. The van der Waals surface area contributed by atoms with E-state index < -0.39 is 4.92 Å². The van der Waals surface area contributed by atoms with Crippen LogP contribution in [0.2, 0.25) is 0 Å². The maximum Gasteiger partial charge on any atom is 0.262 e. The fourth-order valence-corrected chi connectivity index (χ4v) is 0.682. The molecule has 0 radical (unpaired) electrons. The minimum atomic E-state index is -0.501. The first-order valence-electron chi connectivity index (χ1n) is 3.78. The maximum absolute atomic E-state index is 10.1. The Balaban J connectivity index is 4.24. The van der Waals surface area contributed by atoms with Crippen molar-refractivity contribution in [3.63, 3.8) is 0 Å². The molecule has 0 N–H and O–H groups in total. The van der Waals surface area contributed by atoms with Crippen LogP contribution in [-0.2, 0) is 0 Å². The van der Waals surface area contributed by atoms with Crippen molar-refractivity contribution in [1.82, 2.24) is 0 Å². The second-order valence-corrected chi connectivity index (χ2v) is 2.30. The van der Waals surface area contributed by atoms with E-state index in [4.69, 9.17) is 0 Å². The molecule has 0 atom stereocenters. The zero-order valence-corrected chi connectivity index (χ0v) is 7.41. The van der Waals surface area contributed by atoms with Crippen LogP contribution in [0.5, 0.6) is 0 Å². The lowest BCUT2D eigenvalue weighted by Gasteiger charge is -1.92. The largest absolute Gasteiger partial charge is 0.262 e. The molecule has 0 heterocycles. The molecule has 0 unspecified atom stereocenters. The number of hydrogen-bond donors (Lipinski definition) is 0. The molecular formula is C9H13NO2.